The van der Waals surface area contributed by atoms with Gasteiger partial charge in [0.05, 0.1) is 17.2 Å². The molecule has 1 amide bonds. The Balaban J connectivity index is 1.68. The Morgan fingerprint density at radius 2 is 1.52 bits per heavy atom. The van der Waals surface area contributed by atoms with Crippen molar-refractivity contribution in [3.8, 4) is 17.2 Å². The molecule has 1 N–H and O–H groups in total. The highest BCUT2D eigenvalue weighted by molar-refractivity contribution is 6.00. The number of rotatable bonds is 5. The predicted octanol–water partition coefficient (Wildman–Crippen LogP) is 5.32. The van der Waals surface area contributed by atoms with Crippen LogP contribution in [-0.2, 0) is 14.9 Å². The fourth-order valence-electron chi connectivity index (χ4n) is 3.17. The molecule has 0 aliphatic heterocycles. The van der Waals surface area contributed by atoms with Crippen LogP contribution in [0.4, 0.5) is 5.69 Å². The van der Waals surface area contributed by atoms with Gasteiger partial charge in [-0.25, -0.2) is 4.79 Å². The van der Waals surface area contributed by atoms with Gasteiger partial charge in [0.25, 0.3) is 5.91 Å². The molecule has 31 heavy (non-hydrogen) atoms. The molecule has 5 nitrogen and oxygen atoms in total. The second-order valence-corrected chi connectivity index (χ2v) is 8.15. The van der Waals surface area contributed by atoms with E-state index in [0.29, 0.717) is 27.9 Å². The van der Waals surface area contributed by atoms with Gasteiger partial charge in [0.2, 0.25) is 0 Å². The highest BCUT2D eigenvalue weighted by Crippen LogP contribution is 2.27. The molecule has 5 heteroatoms. The summed E-state index contributed by atoms with van der Waals surface area (Å²) in [5.74, 6) is -1.05. The summed E-state index contributed by atoms with van der Waals surface area (Å²) in [4.78, 5) is 24.9. The summed E-state index contributed by atoms with van der Waals surface area (Å²) in [6.07, 6.45) is 0. The lowest BCUT2D eigenvalue weighted by molar-refractivity contribution is -0.119. The number of nitrogens with one attached hydrogen (secondary N) is 1. The first-order valence-electron chi connectivity index (χ1n) is 9.95. The Hall–Kier alpha value is -3.91. The molecule has 0 saturated heterocycles. The molecular formula is C26H24N2O3. The minimum Gasteiger partial charge on any atom is -0.452 e. The summed E-state index contributed by atoms with van der Waals surface area (Å²) < 4.78 is 5.24. The van der Waals surface area contributed by atoms with E-state index < -0.39 is 18.5 Å². The first kappa shape index (κ1) is 21.8. The lowest BCUT2D eigenvalue weighted by Crippen LogP contribution is -2.21. The maximum Gasteiger partial charge on any atom is 0.339 e. The number of ether oxygens (including phenoxy) is 1. The molecule has 0 saturated carbocycles. The van der Waals surface area contributed by atoms with Crippen molar-refractivity contribution in [2.75, 3.05) is 11.9 Å². The van der Waals surface area contributed by atoms with Crippen LogP contribution in [-0.4, -0.2) is 18.5 Å². The van der Waals surface area contributed by atoms with Crippen molar-refractivity contribution in [3.05, 3.63) is 89.5 Å². The average molecular weight is 412 g/mol. The summed E-state index contributed by atoms with van der Waals surface area (Å²) in [7, 11) is 0. The van der Waals surface area contributed by atoms with Crippen molar-refractivity contribution in [1.29, 1.82) is 5.26 Å². The van der Waals surface area contributed by atoms with Crippen LogP contribution in [0.3, 0.4) is 0 Å². The molecule has 0 aromatic heterocycles. The zero-order chi connectivity index (χ0) is 22.4. The van der Waals surface area contributed by atoms with E-state index in [1.807, 2.05) is 24.3 Å². The predicted molar refractivity (Wildman–Crippen MR) is 121 cm³/mol. The number of carbonyl (C=O) groups is 2. The summed E-state index contributed by atoms with van der Waals surface area (Å²) in [6.45, 7) is 5.95. The molecule has 3 aromatic carbocycles. The summed E-state index contributed by atoms with van der Waals surface area (Å²) in [6, 6.07) is 23.6. The molecule has 0 bridgehead atoms. The fourth-order valence-corrected chi connectivity index (χ4v) is 3.17. The van der Waals surface area contributed by atoms with Crippen LogP contribution in [0.5, 0.6) is 0 Å². The molecule has 3 aromatic rings. The van der Waals surface area contributed by atoms with Gasteiger partial charge in [-0.3, -0.25) is 4.79 Å². The summed E-state index contributed by atoms with van der Waals surface area (Å²) in [5.41, 5.74) is 3.80. The van der Waals surface area contributed by atoms with E-state index in [1.54, 1.807) is 48.5 Å². The van der Waals surface area contributed by atoms with Crippen molar-refractivity contribution in [2.24, 2.45) is 0 Å². The van der Waals surface area contributed by atoms with Crippen molar-refractivity contribution in [2.45, 2.75) is 26.2 Å². The Morgan fingerprint density at radius 1 is 0.903 bits per heavy atom. The van der Waals surface area contributed by atoms with Gasteiger partial charge in [-0.15, -0.1) is 0 Å². The molecule has 3 rings (SSSR count). The number of anilines is 1. The Bertz CT molecular complexity index is 1140. The van der Waals surface area contributed by atoms with E-state index in [0.717, 1.165) is 5.56 Å². The second kappa shape index (κ2) is 9.27. The zero-order valence-corrected chi connectivity index (χ0v) is 17.8. The van der Waals surface area contributed by atoms with Gasteiger partial charge in [-0.05, 0) is 40.8 Å². The number of nitriles is 1. The van der Waals surface area contributed by atoms with Crippen molar-refractivity contribution in [3.63, 3.8) is 0 Å². The Kier molecular flexibility index (Phi) is 6.52. The van der Waals surface area contributed by atoms with Crippen LogP contribution in [0.15, 0.2) is 72.8 Å². The maximum atomic E-state index is 12.7. The van der Waals surface area contributed by atoms with Gasteiger partial charge in [0.15, 0.2) is 6.61 Å². The molecule has 0 fully saturated rings. The van der Waals surface area contributed by atoms with E-state index in [1.165, 1.54) is 0 Å². The molecular weight excluding hydrogens is 388 g/mol. The van der Waals surface area contributed by atoms with Crippen LogP contribution in [0.2, 0.25) is 0 Å². The Morgan fingerprint density at radius 3 is 2.16 bits per heavy atom. The average Bonchev–Trinajstić information content (AvgIpc) is 2.77. The highest BCUT2D eigenvalue weighted by Gasteiger charge is 2.17. The number of esters is 1. The van der Waals surface area contributed by atoms with Crippen LogP contribution in [0.1, 0.15) is 42.3 Å². The minimum absolute atomic E-state index is 0.0234. The van der Waals surface area contributed by atoms with Crippen LogP contribution in [0, 0.1) is 11.3 Å². The molecule has 0 atom stereocenters. The van der Waals surface area contributed by atoms with Gasteiger partial charge >= 0.3 is 5.97 Å². The molecule has 0 heterocycles. The number of hydrogen-bond acceptors (Lipinski definition) is 4. The van der Waals surface area contributed by atoms with E-state index in [-0.39, 0.29) is 5.41 Å². The quantitative estimate of drug-likeness (QED) is 0.575. The zero-order valence-electron chi connectivity index (χ0n) is 17.8. The molecule has 156 valence electrons. The molecule has 0 aliphatic rings. The lowest BCUT2D eigenvalue weighted by atomic mass is 9.87. The standard InChI is InChI=1S/C26H24N2O3/c1-26(2,3)19-12-14-20(15-13-19)28-24(29)17-31-25(30)23-11-7-6-10-22(23)21-9-5-4-8-18(21)16-27/h4-15H,17H2,1-3H3,(H,28,29). The number of nitrogens with zero attached hydrogens (tertiary/aromatic N) is 1. The number of benzene rings is 3. The third-order valence-corrected chi connectivity index (χ3v) is 4.85. The normalized spacial score (nSPS) is 10.8. The summed E-state index contributed by atoms with van der Waals surface area (Å²) >= 11 is 0. The van der Waals surface area contributed by atoms with Crippen LogP contribution >= 0.6 is 0 Å². The third kappa shape index (κ3) is 5.37. The van der Waals surface area contributed by atoms with Gasteiger partial charge in [-0.2, -0.15) is 5.26 Å². The number of amides is 1. The van der Waals surface area contributed by atoms with Gasteiger partial charge in [0.1, 0.15) is 0 Å². The fraction of sp³-hybridized carbons (Fsp3) is 0.192. The maximum absolute atomic E-state index is 12.7. The van der Waals surface area contributed by atoms with Crippen LogP contribution in [0.25, 0.3) is 11.1 Å². The van der Waals surface area contributed by atoms with Crippen molar-refractivity contribution in [1.82, 2.24) is 0 Å². The molecule has 0 spiro atoms. The van der Waals surface area contributed by atoms with Crippen molar-refractivity contribution >= 4 is 17.6 Å². The minimum atomic E-state index is -0.624. The van der Waals surface area contributed by atoms with Gasteiger partial charge in [-0.1, -0.05) is 69.3 Å². The SMILES string of the molecule is CC(C)(C)c1ccc(NC(=O)COC(=O)c2ccccc2-c2ccccc2C#N)cc1. The van der Waals surface area contributed by atoms with E-state index in [4.69, 9.17) is 4.74 Å². The first-order valence-corrected chi connectivity index (χ1v) is 9.95. The van der Waals surface area contributed by atoms with E-state index in [9.17, 15) is 14.9 Å². The molecule has 0 aliphatic carbocycles. The molecule has 0 unspecified atom stereocenters. The smallest absolute Gasteiger partial charge is 0.339 e. The summed E-state index contributed by atoms with van der Waals surface area (Å²) in [5, 5.41) is 12.1. The van der Waals surface area contributed by atoms with Gasteiger partial charge < -0.3 is 10.1 Å². The lowest BCUT2D eigenvalue weighted by Gasteiger charge is -2.19. The topological polar surface area (TPSA) is 79.2 Å². The number of hydrogen-bond donors (Lipinski definition) is 1. The monoisotopic (exact) mass is 412 g/mol. The van der Waals surface area contributed by atoms with E-state index >= 15 is 0 Å². The molecule has 0 radical (unpaired) electrons. The number of carbonyl (C=O) groups excluding carboxylic acids is 2. The second-order valence-electron chi connectivity index (χ2n) is 8.15. The van der Waals surface area contributed by atoms with Crippen LogP contribution < -0.4 is 5.32 Å². The third-order valence-electron chi connectivity index (χ3n) is 4.85. The van der Waals surface area contributed by atoms with Gasteiger partial charge in [0, 0.05) is 11.3 Å². The Labute approximate surface area is 182 Å². The van der Waals surface area contributed by atoms with Crippen molar-refractivity contribution < 1.29 is 14.3 Å². The first-order chi connectivity index (χ1) is 14.8. The largest absolute Gasteiger partial charge is 0.452 e. The van der Waals surface area contributed by atoms with E-state index in [2.05, 4.69) is 32.2 Å². The highest BCUT2D eigenvalue weighted by atomic mass is 16.5.